The van der Waals surface area contributed by atoms with E-state index in [0.29, 0.717) is 18.8 Å². The van der Waals surface area contributed by atoms with E-state index in [-0.39, 0.29) is 17.0 Å². The lowest BCUT2D eigenvalue weighted by Gasteiger charge is -1.99. The van der Waals surface area contributed by atoms with Gasteiger partial charge in [0.15, 0.2) is 18.9 Å². The molecule has 0 aromatic carbocycles. The van der Waals surface area contributed by atoms with E-state index < -0.39 is 5.91 Å². The Bertz CT molecular complexity index is 317. The van der Waals surface area contributed by atoms with Gasteiger partial charge in [0.05, 0.1) is 12.2 Å². The summed E-state index contributed by atoms with van der Waals surface area (Å²) >= 11 is 3.28. The van der Waals surface area contributed by atoms with Gasteiger partial charge in [-0.1, -0.05) is 15.9 Å². The summed E-state index contributed by atoms with van der Waals surface area (Å²) < 4.78 is 7.25. The third kappa shape index (κ3) is 5.58. The number of hydrogen-bond donors (Lipinski definition) is 1. The lowest BCUT2D eigenvalue weighted by Crippen LogP contribution is -3.00. The number of ether oxygens (including phenoxy) is 1. The molecular formula is C10H14Br2N2O2. The van der Waals surface area contributed by atoms with Crippen LogP contribution >= 0.6 is 15.9 Å². The number of amides is 1. The first kappa shape index (κ1) is 15.5. The second-order valence-corrected chi connectivity index (χ2v) is 3.78. The Morgan fingerprint density at radius 1 is 1.38 bits per heavy atom. The van der Waals surface area contributed by atoms with Crippen LogP contribution in [-0.2, 0) is 11.3 Å². The number of nitrogens with two attached hydrogens (primary N) is 1. The van der Waals surface area contributed by atoms with Crippen molar-refractivity contribution in [2.45, 2.75) is 6.54 Å². The monoisotopic (exact) mass is 352 g/mol. The maximum Gasteiger partial charge on any atom is 0.249 e. The zero-order valence-electron chi connectivity index (χ0n) is 8.73. The molecule has 2 N–H and O–H groups in total. The van der Waals surface area contributed by atoms with Gasteiger partial charge in [0, 0.05) is 17.5 Å². The molecule has 1 heterocycles. The molecule has 1 aromatic rings. The van der Waals surface area contributed by atoms with Crippen molar-refractivity contribution < 1.29 is 31.1 Å². The third-order valence-corrected chi connectivity index (χ3v) is 2.21. The fraction of sp³-hybridized carbons (Fsp3) is 0.400. The molecule has 0 spiro atoms. The number of aromatic nitrogens is 1. The molecule has 0 fully saturated rings. The summed E-state index contributed by atoms with van der Waals surface area (Å²) in [5.41, 5.74) is 5.65. The molecule has 6 heteroatoms. The number of rotatable bonds is 6. The van der Waals surface area contributed by atoms with Gasteiger partial charge in [-0.05, 0) is 0 Å². The number of carbonyl (C=O) groups excluding carboxylic acids is 1. The first-order chi connectivity index (χ1) is 7.24. The molecule has 0 aliphatic heterocycles. The normalized spacial score (nSPS) is 9.56. The largest absolute Gasteiger partial charge is 1.00 e. The average molecular weight is 354 g/mol. The smallest absolute Gasteiger partial charge is 0.249 e. The highest BCUT2D eigenvalue weighted by atomic mass is 79.9. The van der Waals surface area contributed by atoms with Gasteiger partial charge >= 0.3 is 0 Å². The summed E-state index contributed by atoms with van der Waals surface area (Å²) in [6.45, 7) is 2.14. The summed E-state index contributed by atoms with van der Waals surface area (Å²) in [5, 5.41) is 0.846. The van der Waals surface area contributed by atoms with Crippen molar-refractivity contribution in [3.63, 3.8) is 0 Å². The maximum absolute atomic E-state index is 10.8. The highest BCUT2D eigenvalue weighted by Crippen LogP contribution is 1.92. The Kier molecular flexibility index (Phi) is 8.42. The van der Waals surface area contributed by atoms with Crippen molar-refractivity contribution in [2.75, 3.05) is 18.5 Å². The van der Waals surface area contributed by atoms with Gasteiger partial charge in [-0.2, -0.15) is 0 Å². The minimum Gasteiger partial charge on any atom is -1.00 e. The molecule has 1 rings (SSSR count). The lowest BCUT2D eigenvalue weighted by atomic mass is 10.2. The van der Waals surface area contributed by atoms with Gasteiger partial charge < -0.3 is 27.5 Å². The number of nitrogens with zero attached hydrogens (tertiary/aromatic N) is 1. The first-order valence-electron chi connectivity index (χ1n) is 4.66. The first-order valence-corrected chi connectivity index (χ1v) is 5.79. The van der Waals surface area contributed by atoms with Crippen LogP contribution in [0.3, 0.4) is 0 Å². The summed E-state index contributed by atoms with van der Waals surface area (Å²) in [6.07, 6.45) is 3.63. The van der Waals surface area contributed by atoms with Crippen molar-refractivity contribution in [3.05, 3.63) is 30.1 Å². The van der Waals surface area contributed by atoms with Gasteiger partial charge in [0.2, 0.25) is 5.91 Å². The third-order valence-electron chi connectivity index (χ3n) is 1.89. The highest BCUT2D eigenvalue weighted by molar-refractivity contribution is 9.09. The summed E-state index contributed by atoms with van der Waals surface area (Å²) in [6, 6.07) is 3.40. The van der Waals surface area contributed by atoms with Crippen molar-refractivity contribution in [2.24, 2.45) is 5.73 Å². The molecule has 1 amide bonds. The number of pyridine rings is 1. The van der Waals surface area contributed by atoms with E-state index in [2.05, 4.69) is 15.9 Å². The molecule has 0 saturated heterocycles. The zero-order chi connectivity index (χ0) is 11.1. The fourth-order valence-corrected chi connectivity index (χ4v) is 1.33. The summed E-state index contributed by atoms with van der Waals surface area (Å²) in [7, 11) is 0. The molecule has 0 aliphatic rings. The Morgan fingerprint density at radius 3 is 2.50 bits per heavy atom. The zero-order valence-corrected chi connectivity index (χ0v) is 11.9. The van der Waals surface area contributed by atoms with E-state index >= 15 is 0 Å². The van der Waals surface area contributed by atoms with Crippen LogP contribution in [0, 0.1) is 0 Å². The van der Waals surface area contributed by atoms with Crippen LogP contribution in [0.2, 0.25) is 0 Å². The molecule has 1 aromatic heterocycles. The van der Waals surface area contributed by atoms with Crippen LogP contribution in [0.4, 0.5) is 0 Å². The molecular weight excluding hydrogens is 340 g/mol. The van der Waals surface area contributed by atoms with E-state index in [4.69, 9.17) is 10.5 Å². The molecule has 0 unspecified atom stereocenters. The van der Waals surface area contributed by atoms with E-state index in [0.717, 1.165) is 11.9 Å². The molecule has 4 nitrogen and oxygen atoms in total. The summed E-state index contributed by atoms with van der Waals surface area (Å²) in [5.74, 6) is -0.405. The molecule has 90 valence electrons. The van der Waals surface area contributed by atoms with Crippen LogP contribution in [-0.4, -0.2) is 24.5 Å². The second kappa shape index (κ2) is 8.66. The van der Waals surface area contributed by atoms with E-state index in [1.54, 1.807) is 12.1 Å². The van der Waals surface area contributed by atoms with Crippen LogP contribution < -0.4 is 27.3 Å². The van der Waals surface area contributed by atoms with Crippen LogP contribution in [0.15, 0.2) is 24.5 Å². The number of hydrogen-bond acceptors (Lipinski definition) is 2. The van der Waals surface area contributed by atoms with Crippen LogP contribution in [0.25, 0.3) is 0 Å². The Balaban J connectivity index is 0.00000225. The van der Waals surface area contributed by atoms with Crippen molar-refractivity contribution in [3.8, 4) is 0 Å². The lowest BCUT2D eigenvalue weighted by molar-refractivity contribution is -0.698. The van der Waals surface area contributed by atoms with Gasteiger partial charge in [-0.15, -0.1) is 0 Å². The van der Waals surface area contributed by atoms with Gasteiger partial charge in [-0.3, -0.25) is 4.79 Å². The molecule has 16 heavy (non-hydrogen) atoms. The van der Waals surface area contributed by atoms with Crippen LogP contribution in [0.5, 0.6) is 0 Å². The van der Waals surface area contributed by atoms with Gasteiger partial charge in [0.25, 0.3) is 0 Å². The molecule has 0 saturated carbocycles. The predicted octanol–water partition coefficient (Wildman–Crippen LogP) is -2.51. The Hall–Kier alpha value is -0.460. The van der Waals surface area contributed by atoms with Crippen LogP contribution in [0.1, 0.15) is 10.4 Å². The van der Waals surface area contributed by atoms with Gasteiger partial charge in [0.1, 0.15) is 6.61 Å². The summed E-state index contributed by atoms with van der Waals surface area (Å²) in [4.78, 5) is 10.8. The maximum atomic E-state index is 10.8. The van der Waals surface area contributed by atoms with Crippen molar-refractivity contribution in [1.29, 1.82) is 0 Å². The molecule has 0 atom stereocenters. The topological polar surface area (TPSA) is 56.2 Å². The van der Waals surface area contributed by atoms with E-state index in [1.807, 2.05) is 17.0 Å². The highest BCUT2D eigenvalue weighted by Gasteiger charge is 2.03. The minimum atomic E-state index is -0.405. The standard InChI is InChI=1S/C10H13BrN2O2.BrH/c11-3-7-15-8-6-13-4-1-9(2-5-13)10(12)14;/h1-2,4-5H,3,6-8H2,(H-,12,14);1H. The van der Waals surface area contributed by atoms with Crippen molar-refractivity contribution in [1.82, 2.24) is 0 Å². The number of carbonyl (C=O) groups is 1. The molecule has 0 aliphatic carbocycles. The number of alkyl halides is 1. The molecule has 0 bridgehead atoms. The van der Waals surface area contributed by atoms with E-state index in [9.17, 15) is 4.79 Å². The van der Waals surface area contributed by atoms with Crippen molar-refractivity contribution >= 4 is 21.8 Å². The Labute approximate surface area is 114 Å². The van der Waals surface area contributed by atoms with Gasteiger partial charge in [-0.25, -0.2) is 4.57 Å². The Morgan fingerprint density at radius 2 is 2.00 bits per heavy atom. The van der Waals surface area contributed by atoms with E-state index in [1.165, 1.54) is 0 Å². The second-order valence-electron chi connectivity index (χ2n) is 2.99. The average Bonchev–Trinajstić information content (AvgIpc) is 2.25. The number of halogens is 2. The fourth-order valence-electron chi connectivity index (χ4n) is 1.10. The minimum absolute atomic E-state index is 0. The quantitative estimate of drug-likeness (QED) is 0.349. The number of primary amides is 1. The SMILES string of the molecule is NC(=O)c1cc[n+](CCOCCBr)cc1.[Br-]. The predicted molar refractivity (Wildman–Crippen MR) is 59.8 cm³/mol. The molecule has 0 radical (unpaired) electrons.